The maximum atomic E-state index is 5.83. The molecule has 1 aromatic heterocycles. The number of hydrogen-bond acceptors (Lipinski definition) is 4. The predicted molar refractivity (Wildman–Crippen MR) is 103 cm³/mol. The number of quaternary nitrogens is 2. The molecule has 0 radical (unpaired) electrons. The molecule has 7 heteroatoms. The van der Waals surface area contributed by atoms with E-state index in [-0.39, 0.29) is 6.10 Å². The first-order chi connectivity index (χ1) is 13.2. The van der Waals surface area contributed by atoms with E-state index >= 15 is 0 Å². The Kier molecular flexibility index (Phi) is 6.40. The minimum Gasteiger partial charge on any atom is -0.376 e. The Balaban J connectivity index is 1.43. The summed E-state index contributed by atoms with van der Waals surface area (Å²) in [6.45, 7) is 11.4. The van der Waals surface area contributed by atoms with Gasteiger partial charge in [-0.1, -0.05) is 13.8 Å². The average molecular weight is 379 g/mol. The lowest BCUT2D eigenvalue weighted by atomic mass is 10.0. The molecule has 152 valence electrons. The molecule has 0 bridgehead atoms. The monoisotopic (exact) mass is 378 g/mol. The summed E-state index contributed by atoms with van der Waals surface area (Å²) >= 11 is 0. The van der Waals surface area contributed by atoms with Crippen molar-refractivity contribution in [1.29, 1.82) is 0 Å². The van der Waals surface area contributed by atoms with Crippen LogP contribution in [-0.4, -0.2) is 65.1 Å². The Morgan fingerprint density at radius 2 is 1.85 bits per heavy atom. The maximum Gasteiger partial charge on any atom is 0.209 e. The molecule has 1 saturated carbocycles. The third-order valence-electron chi connectivity index (χ3n) is 6.94. The number of hydrogen-bond donors (Lipinski definition) is 2. The van der Waals surface area contributed by atoms with Gasteiger partial charge in [-0.2, -0.15) is 0 Å². The second-order valence-corrected chi connectivity index (χ2v) is 9.33. The van der Waals surface area contributed by atoms with Crippen molar-refractivity contribution >= 4 is 0 Å². The number of nitrogens with one attached hydrogen (secondary N) is 2. The standard InChI is InChI=1S/C20H36N6O/c1-16(2)14-19(20-21-22-23-26(20)15-18-8-5-13-27-18)25-11-9-24(10-12-25)17-6-3-4-7-17/h16-19H,3-15H2,1-2H3/p+2/t18-,19-/m0/s1. The number of rotatable bonds is 7. The molecule has 1 aromatic rings. The molecule has 4 rings (SSSR count). The highest BCUT2D eigenvalue weighted by molar-refractivity contribution is 4.89. The molecule has 0 aromatic carbocycles. The zero-order chi connectivity index (χ0) is 18.6. The van der Waals surface area contributed by atoms with Crippen LogP contribution in [0.2, 0.25) is 0 Å². The minimum atomic E-state index is 0.283. The first-order valence-electron chi connectivity index (χ1n) is 11.3. The average Bonchev–Trinajstić information content (AvgIpc) is 3.43. The van der Waals surface area contributed by atoms with Crippen LogP contribution in [0.4, 0.5) is 0 Å². The van der Waals surface area contributed by atoms with E-state index in [2.05, 4.69) is 29.4 Å². The highest BCUT2D eigenvalue weighted by Gasteiger charge is 2.37. The summed E-state index contributed by atoms with van der Waals surface area (Å²) in [5.74, 6) is 1.73. The van der Waals surface area contributed by atoms with Gasteiger partial charge in [0.25, 0.3) is 0 Å². The molecule has 0 amide bonds. The highest BCUT2D eigenvalue weighted by atomic mass is 16.5. The van der Waals surface area contributed by atoms with Crippen LogP contribution in [0.15, 0.2) is 0 Å². The van der Waals surface area contributed by atoms with Gasteiger partial charge in [-0.15, -0.1) is 5.10 Å². The van der Waals surface area contributed by atoms with E-state index in [4.69, 9.17) is 4.74 Å². The second kappa shape index (κ2) is 8.97. The van der Waals surface area contributed by atoms with Crippen LogP contribution >= 0.6 is 0 Å². The second-order valence-electron chi connectivity index (χ2n) is 9.33. The summed E-state index contributed by atoms with van der Waals surface area (Å²) in [6.07, 6.45) is 9.50. The van der Waals surface area contributed by atoms with E-state index < -0.39 is 0 Å². The van der Waals surface area contributed by atoms with Crippen LogP contribution in [0.1, 0.15) is 70.7 Å². The molecule has 2 N–H and O–H groups in total. The lowest BCUT2D eigenvalue weighted by molar-refractivity contribution is -1.04. The summed E-state index contributed by atoms with van der Waals surface area (Å²) in [7, 11) is 0. The van der Waals surface area contributed by atoms with E-state index in [9.17, 15) is 0 Å². The summed E-state index contributed by atoms with van der Waals surface area (Å²) in [5, 5.41) is 12.9. The zero-order valence-electron chi connectivity index (χ0n) is 17.2. The van der Waals surface area contributed by atoms with E-state index in [0.29, 0.717) is 12.0 Å². The van der Waals surface area contributed by atoms with E-state index in [1.807, 2.05) is 9.58 Å². The third kappa shape index (κ3) is 4.69. The van der Waals surface area contributed by atoms with Gasteiger partial charge < -0.3 is 14.5 Å². The first-order valence-corrected chi connectivity index (χ1v) is 11.3. The van der Waals surface area contributed by atoms with Gasteiger partial charge in [0.15, 0.2) is 6.04 Å². The fourth-order valence-electron chi connectivity index (χ4n) is 5.48. The lowest BCUT2D eigenvalue weighted by Gasteiger charge is -2.36. The fraction of sp³-hybridized carbons (Fsp3) is 0.950. The third-order valence-corrected chi connectivity index (χ3v) is 6.94. The largest absolute Gasteiger partial charge is 0.376 e. The van der Waals surface area contributed by atoms with Gasteiger partial charge in [0, 0.05) is 13.0 Å². The molecule has 7 nitrogen and oxygen atoms in total. The van der Waals surface area contributed by atoms with Gasteiger partial charge in [-0.25, -0.2) is 4.68 Å². The minimum absolute atomic E-state index is 0.283. The Hall–Kier alpha value is -1.05. The molecule has 3 aliphatic rings. The van der Waals surface area contributed by atoms with Crippen molar-refractivity contribution in [2.45, 2.75) is 83.5 Å². The number of tetrazole rings is 1. The molecule has 3 heterocycles. The van der Waals surface area contributed by atoms with E-state index in [1.165, 1.54) is 51.9 Å². The van der Waals surface area contributed by atoms with Gasteiger partial charge in [-0.05, 0) is 54.9 Å². The van der Waals surface area contributed by atoms with Crippen molar-refractivity contribution in [3.8, 4) is 0 Å². The number of nitrogens with zero attached hydrogens (tertiary/aromatic N) is 4. The van der Waals surface area contributed by atoms with Crippen LogP contribution in [0.5, 0.6) is 0 Å². The maximum absolute atomic E-state index is 5.83. The highest BCUT2D eigenvalue weighted by Crippen LogP contribution is 2.19. The molecular weight excluding hydrogens is 340 g/mol. The predicted octanol–water partition coefficient (Wildman–Crippen LogP) is -0.335. The Morgan fingerprint density at radius 1 is 1.07 bits per heavy atom. The summed E-state index contributed by atoms with van der Waals surface area (Å²) in [4.78, 5) is 3.55. The van der Waals surface area contributed by atoms with Crippen LogP contribution in [-0.2, 0) is 11.3 Å². The lowest BCUT2D eigenvalue weighted by Crippen LogP contribution is -3.29. The quantitative estimate of drug-likeness (QED) is 0.682. The van der Waals surface area contributed by atoms with E-state index in [0.717, 1.165) is 44.3 Å². The molecule has 0 spiro atoms. The summed E-state index contributed by atoms with van der Waals surface area (Å²) in [6, 6.07) is 1.34. The Bertz CT molecular complexity index is 571. The molecule has 1 aliphatic carbocycles. The van der Waals surface area contributed by atoms with Crippen molar-refractivity contribution in [3.05, 3.63) is 5.82 Å². The summed E-state index contributed by atoms with van der Waals surface area (Å²) in [5.41, 5.74) is 0. The molecule has 2 saturated heterocycles. The van der Waals surface area contributed by atoms with Crippen LogP contribution < -0.4 is 9.80 Å². The normalized spacial score (nSPS) is 31.0. The summed E-state index contributed by atoms with van der Waals surface area (Å²) < 4.78 is 7.88. The van der Waals surface area contributed by atoms with Crippen molar-refractivity contribution in [2.24, 2.45) is 5.92 Å². The van der Waals surface area contributed by atoms with Gasteiger partial charge in [-0.3, -0.25) is 0 Å². The van der Waals surface area contributed by atoms with Crippen molar-refractivity contribution in [2.75, 3.05) is 32.8 Å². The van der Waals surface area contributed by atoms with Crippen molar-refractivity contribution < 1.29 is 14.5 Å². The molecule has 2 atom stereocenters. The zero-order valence-corrected chi connectivity index (χ0v) is 17.2. The van der Waals surface area contributed by atoms with Gasteiger partial charge in [0.2, 0.25) is 5.82 Å². The molecule has 2 aliphatic heterocycles. The van der Waals surface area contributed by atoms with Crippen molar-refractivity contribution in [3.63, 3.8) is 0 Å². The van der Waals surface area contributed by atoms with E-state index in [1.54, 1.807) is 4.90 Å². The number of piperazine rings is 1. The van der Waals surface area contributed by atoms with Gasteiger partial charge in [0.1, 0.15) is 26.2 Å². The topological polar surface area (TPSA) is 61.7 Å². The molecular formula is C20H38N6O+2. The van der Waals surface area contributed by atoms with Crippen LogP contribution in [0.25, 0.3) is 0 Å². The number of ether oxygens (including phenoxy) is 1. The first kappa shape index (κ1) is 19.3. The van der Waals surface area contributed by atoms with Gasteiger partial charge >= 0.3 is 0 Å². The Morgan fingerprint density at radius 3 is 2.52 bits per heavy atom. The molecule has 3 fully saturated rings. The smallest absolute Gasteiger partial charge is 0.209 e. The van der Waals surface area contributed by atoms with Crippen LogP contribution in [0.3, 0.4) is 0 Å². The van der Waals surface area contributed by atoms with Crippen LogP contribution in [0, 0.1) is 5.92 Å². The molecule has 27 heavy (non-hydrogen) atoms. The fourth-order valence-corrected chi connectivity index (χ4v) is 5.48. The van der Waals surface area contributed by atoms with Gasteiger partial charge in [0.05, 0.1) is 18.7 Å². The molecule has 0 unspecified atom stereocenters. The SMILES string of the molecule is CC(C)C[C@@H](c1nnnn1C[C@@H]1CCCO1)[NH+]1CC[NH+](C2CCCC2)CC1. The number of aromatic nitrogens is 4. The Labute approximate surface area is 163 Å². The van der Waals surface area contributed by atoms with Crippen molar-refractivity contribution in [1.82, 2.24) is 20.2 Å².